The highest BCUT2D eigenvalue weighted by Gasteiger charge is 2.46. The van der Waals surface area contributed by atoms with Gasteiger partial charge >= 0.3 is 24.1 Å². The van der Waals surface area contributed by atoms with Gasteiger partial charge in [-0.25, -0.2) is 14.4 Å². The van der Waals surface area contributed by atoms with E-state index in [0.29, 0.717) is 4.90 Å². The van der Waals surface area contributed by atoms with Crippen molar-refractivity contribution < 1.29 is 33.4 Å². The molecule has 0 aromatic heterocycles. The standard InChI is InChI=1S/C25H25NO7/c1-25(2,3)33-21(27)13-12-20-22(28)32-24(30)26(20)23(29)31-14-19-17-10-6-4-8-15(17)16-9-5-7-11-18(16)19/h4-11,19-20H,12-14H2,1-3H3/t20-/m1/s1. The number of fused-ring (bicyclic) bond motifs is 3. The molecule has 2 aromatic rings. The van der Waals surface area contributed by atoms with Crippen molar-refractivity contribution in [2.45, 2.75) is 51.2 Å². The zero-order valence-corrected chi connectivity index (χ0v) is 18.7. The molecule has 0 saturated carbocycles. The Labute approximate surface area is 191 Å². The van der Waals surface area contributed by atoms with E-state index >= 15 is 0 Å². The molecular weight excluding hydrogens is 426 g/mol. The molecule has 0 N–H and O–H groups in total. The highest BCUT2D eigenvalue weighted by molar-refractivity contribution is 6.04. The smallest absolute Gasteiger partial charge is 0.427 e. The predicted molar refractivity (Wildman–Crippen MR) is 117 cm³/mol. The van der Waals surface area contributed by atoms with Crippen LogP contribution in [0.15, 0.2) is 48.5 Å². The fraction of sp³-hybridized carbons (Fsp3) is 0.360. The van der Waals surface area contributed by atoms with Gasteiger partial charge in [-0.15, -0.1) is 0 Å². The Hall–Kier alpha value is -3.68. The van der Waals surface area contributed by atoms with Crippen LogP contribution >= 0.6 is 0 Å². The van der Waals surface area contributed by atoms with E-state index < -0.39 is 35.8 Å². The Morgan fingerprint density at radius 1 is 0.970 bits per heavy atom. The van der Waals surface area contributed by atoms with Crippen LogP contribution in [0.2, 0.25) is 0 Å². The topological polar surface area (TPSA) is 99.2 Å². The van der Waals surface area contributed by atoms with Crippen molar-refractivity contribution in [2.75, 3.05) is 6.61 Å². The van der Waals surface area contributed by atoms with Crippen LogP contribution in [0.3, 0.4) is 0 Å². The molecule has 2 aliphatic rings. The van der Waals surface area contributed by atoms with Crippen LogP contribution in [0.4, 0.5) is 9.59 Å². The summed E-state index contributed by atoms with van der Waals surface area (Å²) in [7, 11) is 0. The monoisotopic (exact) mass is 451 g/mol. The van der Waals surface area contributed by atoms with Crippen LogP contribution in [0, 0.1) is 0 Å². The number of esters is 2. The molecule has 0 radical (unpaired) electrons. The summed E-state index contributed by atoms with van der Waals surface area (Å²) in [5.74, 6) is -1.63. The number of cyclic esters (lactones) is 2. The Bertz CT molecular complexity index is 1070. The van der Waals surface area contributed by atoms with Crippen molar-refractivity contribution in [1.82, 2.24) is 4.90 Å². The molecule has 4 rings (SSSR count). The van der Waals surface area contributed by atoms with Gasteiger partial charge in [-0.1, -0.05) is 48.5 Å². The van der Waals surface area contributed by atoms with E-state index in [1.54, 1.807) is 20.8 Å². The summed E-state index contributed by atoms with van der Waals surface area (Å²) in [6.07, 6.45) is -2.35. The minimum absolute atomic E-state index is 0.0103. The SMILES string of the molecule is CC(C)(C)OC(=O)CC[C@@H]1C(=O)OC(=O)N1C(=O)OCC1c2ccccc2-c2ccccc21. The number of carbonyl (C=O) groups excluding carboxylic acids is 4. The summed E-state index contributed by atoms with van der Waals surface area (Å²) in [4.78, 5) is 49.8. The molecule has 0 spiro atoms. The van der Waals surface area contributed by atoms with Gasteiger partial charge in [0.05, 0.1) is 0 Å². The fourth-order valence-corrected chi connectivity index (χ4v) is 4.20. The first-order valence-corrected chi connectivity index (χ1v) is 10.8. The molecule has 172 valence electrons. The Kier molecular flexibility index (Phi) is 5.93. The molecule has 8 nitrogen and oxygen atoms in total. The molecule has 0 unspecified atom stereocenters. The van der Waals surface area contributed by atoms with Crippen LogP contribution in [0.25, 0.3) is 11.1 Å². The summed E-state index contributed by atoms with van der Waals surface area (Å²) in [6.45, 7) is 5.16. The first-order valence-electron chi connectivity index (χ1n) is 10.8. The molecule has 0 bridgehead atoms. The Morgan fingerprint density at radius 2 is 1.55 bits per heavy atom. The molecule has 1 atom stereocenters. The summed E-state index contributed by atoms with van der Waals surface area (Å²) in [5.41, 5.74) is 3.50. The summed E-state index contributed by atoms with van der Waals surface area (Å²) < 4.78 is 15.3. The van der Waals surface area contributed by atoms with E-state index in [1.807, 2.05) is 48.5 Å². The minimum atomic E-state index is -1.24. The van der Waals surface area contributed by atoms with Crippen LogP contribution in [0.1, 0.15) is 50.7 Å². The fourth-order valence-electron chi connectivity index (χ4n) is 4.20. The van der Waals surface area contributed by atoms with E-state index in [-0.39, 0.29) is 25.4 Å². The van der Waals surface area contributed by atoms with Gasteiger partial charge in [-0.05, 0) is 49.4 Å². The third-order valence-corrected chi connectivity index (χ3v) is 5.54. The van der Waals surface area contributed by atoms with E-state index in [4.69, 9.17) is 9.47 Å². The lowest BCUT2D eigenvalue weighted by Gasteiger charge is -2.21. The molecule has 1 aliphatic heterocycles. The number of imide groups is 1. The van der Waals surface area contributed by atoms with Crippen LogP contribution in [-0.2, 0) is 23.8 Å². The quantitative estimate of drug-likeness (QED) is 0.377. The first kappa shape index (κ1) is 22.5. The number of amides is 2. The predicted octanol–water partition coefficient (Wildman–Crippen LogP) is 4.40. The lowest BCUT2D eigenvalue weighted by Crippen LogP contribution is -2.41. The Balaban J connectivity index is 1.45. The largest absolute Gasteiger partial charge is 0.460 e. The third-order valence-electron chi connectivity index (χ3n) is 5.54. The minimum Gasteiger partial charge on any atom is -0.460 e. The third kappa shape index (κ3) is 4.60. The van der Waals surface area contributed by atoms with E-state index in [1.165, 1.54) is 0 Å². The Morgan fingerprint density at radius 3 is 2.12 bits per heavy atom. The molecule has 1 heterocycles. The molecule has 8 heteroatoms. The number of ether oxygens (including phenoxy) is 3. The number of hydrogen-bond acceptors (Lipinski definition) is 7. The van der Waals surface area contributed by atoms with Crippen molar-refractivity contribution in [3.05, 3.63) is 59.7 Å². The maximum atomic E-state index is 12.8. The van der Waals surface area contributed by atoms with Crippen molar-refractivity contribution in [2.24, 2.45) is 0 Å². The average Bonchev–Trinajstić information content (AvgIpc) is 3.22. The molecule has 1 saturated heterocycles. The zero-order valence-electron chi connectivity index (χ0n) is 18.7. The van der Waals surface area contributed by atoms with E-state index in [9.17, 15) is 19.2 Å². The van der Waals surface area contributed by atoms with Crippen LogP contribution in [-0.4, -0.2) is 47.3 Å². The lowest BCUT2D eigenvalue weighted by molar-refractivity contribution is -0.155. The average molecular weight is 451 g/mol. The molecule has 2 aromatic carbocycles. The highest BCUT2D eigenvalue weighted by atomic mass is 16.6. The molecular formula is C25H25NO7. The maximum absolute atomic E-state index is 12.8. The van der Waals surface area contributed by atoms with Gasteiger partial charge in [0, 0.05) is 12.3 Å². The molecule has 1 aliphatic carbocycles. The molecule has 2 amide bonds. The summed E-state index contributed by atoms with van der Waals surface area (Å²) in [5, 5.41) is 0. The van der Waals surface area contributed by atoms with Crippen molar-refractivity contribution in [1.29, 1.82) is 0 Å². The van der Waals surface area contributed by atoms with Gasteiger partial charge in [0.2, 0.25) is 0 Å². The van der Waals surface area contributed by atoms with Crippen molar-refractivity contribution >= 4 is 24.1 Å². The number of nitrogens with zero attached hydrogens (tertiary/aromatic N) is 1. The number of carbonyl (C=O) groups is 4. The van der Waals surface area contributed by atoms with E-state index in [2.05, 4.69) is 4.74 Å². The van der Waals surface area contributed by atoms with Crippen molar-refractivity contribution in [3.63, 3.8) is 0 Å². The number of rotatable bonds is 5. The van der Waals surface area contributed by atoms with Gasteiger partial charge < -0.3 is 14.2 Å². The zero-order chi connectivity index (χ0) is 23.8. The van der Waals surface area contributed by atoms with Crippen molar-refractivity contribution in [3.8, 4) is 11.1 Å². The second-order valence-corrected chi connectivity index (χ2v) is 9.00. The van der Waals surface area contributed by atoms with Gasteiger partial charge in [0.1, 0.15) is 18.2 Å². The summed E-state index contributed by atoms with van der Waals surface area (Å²) >= 11 is 0. The number of benzene rings is 2. The molecule has 33 heavy (non-hydrogen) atoms. The number of hydrogen-bond donors (Lipinski definition) is 0. The maximum Gasteiger partial charge on any atom is 0.427 e. The molecule has 1 fully saturated rings. The lowest BCUT2D eigenvalue weighted by atomic mass is 9.98. The second-order valence-electron chi connectivity index (χ2n) is 9.00. The highest BCUT2D eigenvalue weighted by Crippen LogP contribution is 2.44. The van der Waals surface area contributed by atoms with Gasteiger partial charge in [-0.3, -0.25) is 4.79 Å². The van der Waals surface area contributed by atoms with E-state index in [0.717, 1.165) is 22.3 Å². The van der Waals surface area contributed by atoms with Gasteiger partial charge in [-0.2, -0.15) is 4.90 Å². The summed E-state index contributed by atoms with van der Waals surface area (Å²) in [6, 6.07) is 14.5. The first-order chi connectivity index (χ1) is 15.7. The second kappa shape index (κ2) is 8.69. The van der Waals surface area contributed by atoms with Gasteiger partial charge in [0.25, 0.3) is 0 Å². The van der Waals surface area contributed by atoms with Crippen LogP contribution < -0.4 is 0 Å². The normalized spacial score (nSPS) is 17.4. The van der Waals surface area contributed by atoms with Gasteiger partial charge in [0.15, 0.2) is 0 Å². The van der Waals surface area contributed by atoms with Crippen LogP contribution in [0.5, 0.6) is 0 Å².